The fourth-order valence-corrected chi connectivity index (χ4v) is 2.66. The average molecular weight is 330 g/mol. The predicted molar refractivity (Wildman–Crippen MR) is 83.7 cm³/mol. The van der Waals surface area contributed by atoms with Crippen LogP contribution >= 0.6 is 0 Å². The van der Waals surface area contributed by atoms with Crippen molar-refractivity contribution >= 4 is 11.8 Å². The van der Waals surface area contributed by atoms with Crippen LogP contribution in [0.4, 0.5) is 0 Å². The summed E-state index contributed by atoms with van der Waals surface area (Å²) in [5, 5.41) is 7.44. The molecule has 8 heteroatoms. The minimum atomic E-state index is -0.356. The van der Waals surface area contributed by atoms with E-state index in [9.17, 15) is 9.59 Å². The van der Waals surface area contributed by atoms with Crippen LogP contribution in [-0.4, -0.2) is 46.6 Å². The molecule has 2 amide bonds. The van der Waals surface area contributed by atoms with Crippen molar-refractivity contribution in [3.8, 4) is 17.2 Å². The molecule has 2 N–H and O–H groups in total. The van der Waals surface area contributed by atoms with Crippen LogP contribution in [0.2, 0.25) is 0 Å². The molecule has 3 rings (SSSR count). The van der Waals surface area contributed by atoms with Gasteiger partial charge in [-0.15, -0.1) is 10.2 Å². The van der Waals surface area contributed by atoms with E-state index in [0.717, 1.165) is 18.4 Å². The Morgan fingerprint density at radius 2 is 2.12 bits per heavy atom. The zero-order chi connectivity index (χ0) is 16.9. The van der Waals surface area contributed by atoms with E-state index in [1.807, 2.05) is 0 Å². The summed E-state index contributed by atoms with van der Waals surface area (Å²) >= 11 is 0. The van der Waals surface area contributed by atoms with Crippen molar-refractivity contribution in [2.75, 3.05) is 19.7 Å². The summed E-state index contributed by atoms with van der Waals surface area (Å²) in [5.74, 6) is 0.210. The van der Waals surface area contributed by atoms with Gasteiger partial charge in [0.25, 0.3) is 5.91 Å². The molecule has 1 aromatic heterocycles. The van der Waals surface area contributed by atoms with Crippen molar-refractivity contribution in [1.29, 1.82) is 0 Å². The summed E-state index contributed by atoms with van der Waals surface area (Å²) in [5.41, 5.74) is 6.09. The molecule has 1 aliphatic rings. The molecule has 8 nitrogen and oxygen atoms in total. The second-order valence-electron chi connectivity index (χ2n) is 5.64. The Morgan fingerprint density at radius 1 is 1.33 bits per heavy atom. The molecule has 0 unspecified atom stereocenters. The monoisotopic (exact) mass is 330 g/mol. The Hall–Kier alpha value is -2.90. The van der Waals surface area contributed by atoms with Crippen molar-refractivity contribution in [2.24, 2.45) is 11.7 Å². The lowest BCUT2D eigenvalue weighted by Crippen LogP contribution is -2.45. The minimum Gasteiger partial charge on any atom is -0.484 e. The number of aromatic nitrogens is 2. The van der Waals surface area contributed by atoms with Crippen molar-refractivity contribution in [3.05, 3.63) is 30.7 Å². The highest BCUT2D eigenvalue weighted by Crippen LogP contribution is 2.21. The number of benzene rings is 1. The molecular formula is C16H18N4O4. The van der Waals surface area contributed by atoms with Gasteiger partial charge in [-0.05, 0) is 37.1 Å². The second-order valence-corrected chi connectivity index (χ2v) is 5.64. The number of piperidine rings is 1. The van der Waals surface area contributed by atoms with E-state index in [1.54, 1.807) is 29.2 Å². The Kier molecular flexibility index (Phi) is 4.74. The first kappa shape index (κ1) is 16.0. The van der Waals surface area contributed by atoms with E-state index >= 15 is 0 Å². The van der Waals surface area contributed by atoms with Crippen LogP contribution in [0.3, 0.4) is 0 Å². The number of ether oxygens (including phenoxy) is 1. The van der Waals surface area contributed by atoms with E-state index < -0.39 is 0 Å². The smallest absolute Gasteiger partial charge is 0.260 e. The van der Waals surface area contributed by atoms with Crippen LogP contribution in [0.15, 0.2) is 35.1 Å². The first-order valence-corrected chi connectivity index (χ1v) is 7.70. The van der Waals surface area contributed by atoms with Crippen LogP contribution in [0.25, 0.3) is 11.5 Å². The third-order valence-electron chi connectivity index (χ3n) is 4.00. The number of nitrogens with zero attached hydrogens (tertiary/aromatic N) is 3. The molecule has 0 radical (unpaired) electrons. The summed E-state index contributed by atoms with van der Waals surface area (Å²) < 4.78 is 10.6. The van der Waals surface area contributed by atoms with Gasteiger partial charge in [0.2, 0.25) is 18.2 Å². The predicted octanol–water partition coefficient (Wildman–Crippen LogP) is 0.839. The van der Waals surface area contributed by atoms with Gasteiger partial charge in [0, 0.05) is 18.7 Å². The SMILES string of the molecule is NC(=O)[C@@H]1CCCN(C(=O)COc2ccc(-c3nnco3)cc2)C1. The number of nitrogens with two attached hydrogens (primary N) is 1. The van der Waals surface area contributed by atoms with Crippen LogP contribution < -0.4 is 10.5 Å². The molecule has 1 aliphatic heterocycles. The van der Waals surface area contributed by atoms with Crippen molar-refractivity contribution in [2.45, 2.75) is 12.8 Å². The zero-order valence-electron chi connectivity index (χ0n) is 13.1. The fourth-order valence-electron chi connectivity index (χ4n) is 2.66. The highest BCUT2D eigenvalue weighted by atomic mass is 16.5. The first-order valence-electron chi connectivity index (χ1n) is 7.70. The van der Waals surface area contributed by atoms with Gasteiger partial charge >= 0.3 is 0 Å². The quantitative estimate of drug-likeness (QED) is 0.869. The molecule has 2 heterocycles. The van der Waals surface area contributed by atoms with Crippen molar-refractivity contribution in [1.82, 2.24) is 15.1 Å². The number of carbonyl (C=O) groups excluding carboxylic acids is 2. The number of carbonyl (C=O) groups is 2. The lowest BCUT2D eigenvalue weighted by Gasteiger charge is -2.31. The average Bonchev–Trinajstić information content (AvgIpc) is 3.15. The Morgan fingerprint density at radius 3 is 2.79 bits per heavy atom. The van der Waals surface area contributed by atoms with E-state index in [-0.39, 0.29) is 24.3 Å². The van der Waals surface area contributed by atoms with Crippen LogP contribution in [-0.2, 0) is 9.59 Å². The summed E-state index contributed by atoms with van der Waals surface area (Å²) in [6.07, 6.45) is 2.77. The van der Waals surface area contributed by atoms with Gasteiger partial charge in [-0.3, -0.25) is 9.59 Å². The van der Waals surface area contributed by atoms with E-state index in [0.29, 0.717) is 24.7 Å². The number of hydrogen-bond donors (Lipinski definition) is 1. The van der Waals surface area contributed by atoms with Crippen LogP contribution in [0.1, 0.15) is 12.8 Å². The molecular weight excluding hydrogens is 312 g/mol. The third kappa shape index (κ3) is 3.70. The van der Waals surface area contributed by atoms with E-state index in [1.165, 1.54) is 6.39 Å². The van der Waals surface area contributed by atoms with Crippen molar-refractivity contribution in [3.63, 3.8) is 0 Å². The maximum absolute atomic E-state index is 12.2. The molecule has 0 spiro atoms. The molecule has 1 fully saturated rings. The first-order chi connectivity index (χ1) is 11.6. The highest BCUT2D eigenvalue weighted by molar-refractivity contribution is 5.81. The van der Waals surface area contributed by atoms with E-state index in [4.69, 9.17) is 14.9 Å². The van der Waals surface area contributed by atoms with Gasteiger partial charge in [-0.25, -0.2) is 0 Å². The van der Waals surface area contributed by atoms with E-state index in [2.05, 4.69) is 10.2 Å². The Bertz CT molecular complexity index is 699. The Labute approximate surface area is 138 Å². The molecule has 0 saturated carbocycles. The van der Waals surface area contributed by atoms with Gasteiger partial charge in [0.15, 0.2) is 6.61 Å². The molecule has 1 saturated heterocycles. The molecule has 0 bridgehead atoms. The maximum Gasteiger partial charge on any atom is 0.260 e. The van der Waals surface area contributed by atoms with Gasteiger partial charge in [-0.1, -0.05) is 0 Å². The summed E-state index contributed by atoms with van der Waals surface area (Å²) in [6.45, 7) is 0.918. The normalized spacial score (nSPS) is 17.5. The standard InChI is InChI=1S/C16H18N4O4/c17-15(22)12-2-1-7-20(8-12)14(21)9-23-13-5-3-11(4-6-13)16-19-18-10-24-16/h3-6,10,12H,1-2,7-9H2,(H2,17,22)/t12-/m1/s1. The van der Waals surface area contributed by atoms with Gasteiger partial charge in [0.05, 0.1) is 5.92 Å². The second kappa shape index (κ2) is 7.12. The molecule has 126 valence electrons. The van der Waals surface area contributed by atoms with Gasteiger partial charge < -0.3 is 19.8 Å². The molecule has 1 aromatic carbocycles. The topological polar surface area (TPSA) is 112 Å². The third-order valence-corrected chi connectivity index (χ3v) is 4.00. The summed E-state index contributed by atoms with van der Waals surface area (Å²) in [4.78, 5) is 25.1. The van der Waals surface area contributed by atoms with Gasteiger partial charge in [0.1, 0.15) is 5.75 Å². The van der Waals surface area contributed by atoms with Crippen molar-refractivity contribution < 1.29 is 18.7 Å². The number of likely N-dealkylation sites (tertiary alicyclic amines) is 1. The maximum atomic E-state index is 12.2. The summed E-state index contributed by atoms with van der Waals surface area (Å²) in [7, 11) is 0. The molecule has 2 aromatic rings. The molecule has 0 aliphatic carbocycles. The largest absolute Gasteiger partial charge is 0.484 e. The minimum absolute atomic E-state index is 0.0780. The van der Waals surface area contributed by atoms with Crippen LogP contribution in [0, 0.1) is 5.92 Å². The fraction of sp³-hybridized carbons (Fsp3) is 0.375. The number of rotatable bonds is 5. The lowest BCUT2D eigenvalue weighted by atomic mass is 9.97. The molecule has 24 heavy (non-hydrogen) atoms. The zero-order valence-corrected chi connectivity index (χ0v) is 13.1. The Balaban J connectivity index is 1.53. The molecule has 1 atom stereocenters. The lowest BCUT2D eigenvalue weighted by molar-refractivity contribution is -0.136. The number of primary amides is 1. The number of hydrogen-bond acceptors (Lipinski definition) is 6. The summed E-state index contributed by atoms with van der Waals surface area (Å²) in [6, 6.07) is 7.01. The number of amides is 2. The van der Waals surface area contributed by atoms with Crippen LogP contribution in [0.5, 0.6) is 5.75 Å². The highest BCUT2D eigenvalue weighted by Gasteiger charge is 2.27. The van der Waals surface area contributed by atoms with Gasteiger partial charge in [-0.2, -0.15) is 0 Å².